The van der Waals surface area contributed by atoms with Gasteiger partial charge in [0.2, 0.25) is 0 Å². The van der Waals surface area contributed by atoms with Crippen molar-refractivity contribution in [3.8, 4) is 22.6 Å². The molecule has 2 bridgehead atoms. The molecular formula is C27H27F2N7O. The summed E-state index contributed by atoms with van der Waals surface area (Å²) in [5, 5.41) is 27.2. The third-order valence-corrected chi connectivity index (χ3v) is 8.34. The van der Waals surface area contributed by atoms with Crippen LogP contribution in [0.1, 0.15) is 62.9 Å². The molecule has 0 spiro atoms. The zero-order valence-electron chi connectivity index (χ0n) is 20.9. The molecule has 190 valence electrons. The SMILES string of the molecule is CC[C@H](O)Cn1cc(-c2cncc([C@@]34CC[C@@H](c5cc(-c6c(F)cccc6F)nnc53)C4(C)C)n2)nn1. The van der Waals surface area contributed by atoms with E-state index < -0.39 is 23.2 Å². The quantitative estimate of drug-likeness (QED) is 0.415. The standard InChI is InChI=1S/C27H27F2N7O/c1-4-15(37)13-36-14-22(33-35-36)21-11-30-12-23(31-21)27-9-8-17(26(27,2)3)16-10-20(32-34-25(16)27)24-18(28)6-5-7-19(24)29/h5-7,10-12,14-15,17,37H,4,8-9,13H2,1-3H3/t15-,17-,27-/m0/s1. The van der Waals surface area contributed by atoms with E-state index >= 15 is 0 Å². The second-order valence-corrected chi connectivity index (χ2v) is 10.5. The van der Waals surface area contributed by atoms with Crippen molar-refractivity contribution in [2.45, 2.75) is 64.0 Å². The molecule has 3 atom stereocenters. The van der Waals surface area contributed by atoms with E-state index in [1.165, 1.54) is 18.2 Å². The lowest BCUT2D eigenvalue weighted by Gasteiger charge is -2.37. The van der Waals surface area contributed by atoms with Crippen molar-refractivity contribution in [2.24, 2.45) is 5.41 Å². The number of aliphatic hydroxyl groups is 1. The molecule has 1 fully saturated rings. The molecule has 0 amide bonds. The van der Waals surface area contributed by atoms with Crippen molar-refractivity contribution >= 4 is 0 Å². The number of hydrogen-bond donors (Lipinski definition) is 1. The van der Waals surface area contributed by atoms with Gasteiger partial charge in [-0.05, 0) is 54.4 Å². The molecule has 3 heterocycles. The van der Waals surface area contributed by atoms with Gasteiger partial charge in [-0.3, -0.25) is 4.98 Å². The molecule has 1 saturated carbocycles. The van der Waals surface area contributed by atoms with Crippen molar-refractivity contribution in [1.82, 2.24) is 35.2 Å². The van der Waals surface area contributed by atoms with E-state index in [1.54, 1.807) is 29.3 Å². The summed E-state index contributed by atoms with van der Waals surface area (Å²) in [7, 11) is 0. The maximum atomic E-state index is 14.5. The number of benzene rings is 1. The van der Waals surface area contributed by atoms with Gasteiger partial charge in [0.15, 0.2) is 0 Å². The summed E-state index contributed by atoms with van der Waals surface area (Å²) in [4.78, 5) is 9.48. The highest BCUT2D eigenvalue weighted by molar-refractivity contribution is 5.64. The molecule has 2 aliphatic rings. The first-order valence-corrected chi connectivity index (χ1v) is 12.5. The van der Waals surface area contributed by atoms with Gasteiger partial charge in [0.05, 0.1) is 53.1 Å². The first-order valence-electron chi connectivity index (χ1n) is 12.5. The predicted octanol–water partition coefficient (Wildman–Crippen LogP) is 4.44. The molecule has 0 aliphatic heterocycles. The van der Waals surface area contributed by atoms with Crippen LogP contribution in [0.15, 0.2) is 42.9 Å². The van der Waals surface area contributed by atoms with E-state index in [0.717, 1.165) is 29.8 Å². The third kappa shape index (κ3) is 3.42. The Labute approximate surface area is 212 Å². The fourth-order valence-electron chi connectivity index (χ4n) is 6.30. The zero-order chi connectivity index (χ0) is 25.9. The Morgan fingerprint density at radius 3 is 2.62 bits per heavy atom. The van der Waals surface area contributed by atoms with Crippen molar-refractivity contribution < 1.29 is 13.9 Å². The lowest BCUT2D eigenvalue weighted by atomic mass is 9.66. The summed E-state index contributed by atoms with van der Waals surface area (Å²) >= 11 is 0. The molecule has 8 nitrogen and oxygen atoms in total. The highest BCUT2D eigenvalue weighted by atomic mass is 19.1. The summed E-state index contributed by atoms with van der Waals surface area (Å²) in [6, 6.07) is 5.58. The van der Waals surface area contributed by atoms with Gasteiger partial charge in [0, 0.05) is 6.20 Å². The summed E-state index contributed by atoms with van der Waals surface area (Å²) in [6.07, 6.45) is 6.99. The minimum atomic E-state index is -0.663. The van der Waals surface area contributed by atoms with Crippen LogP contribution in [0.2, 0.25) is 0 Å². The molecule has 37 heavy (non-hydrogen) atoms. The van der Waals surface area contributed by atoms with Gasteiger partial charge in [-0.1, -0.05) is 32.1 Å². The van der Waals surface area contributed by atoms with Crippen LogP contribution in [0.25, 0.3) is 22.6 Å². The number of halogens is 2. The van der Waals surface area contributed by atoms with Crippen molar-refractivity contribution in [3.63, 3.8) is 0 Å². The predicted molar refractivity (Wildman–Crippen MR) is 131 cm³/mol. The Hall–Kier alpha value is -3.66. The minimum Gasteiger partial charge on any atom is -0.391 e. The third-order valence-electron chi connectivity index (χ3n) is 8.34. The van der Waals surface area contributed by atoms with E-state index in [-0.39, 0.29) is 22.6 Å². The number of hydrogen-bond acceptors (Lipinski definition) is 7. The molecule has 10 heteroatoms. The molecule has 1 N–H and O–H groups in total. The summed E-state index contributed by atoms with van der Waals surface area (Å²) in [6.45, 7) is 6.63. The first-order chi connectivity index (χ1) is 17.8. The van der Waals surface area contributed by atoms with E-state index in [1.807, 2.05) is 6.92 Å². The average Bonchev–Trinajstić information content (AvgIpc) is 3.51. The number of aliphatic hydroxyl groups excluding tert-OH is 1. The average molecular weight is 504 g/mol. The maximum Gasteiger partial charge on any atom is 0.135 e. The normalized spacial score (nSPS) is 22.3. The molecule has 4 aromatic rings. The number of rotatable bonds is 6. The lowest BCUT2D eigenvalue weighted by Crippen LogP contribution is -2.38. The van der Waals surface area contributed by atoms with Gasteiger partial charge in [-0.2, -0.15) is 5.10 Å². The van der Waals surface area contributed by atoms with Crippen LogP contribution in [0.3, 0.4) is 0 Å². The molecule has 6 rings (SSSR count). The lowest BCUT2D eigenvalue weighted by molar-refractivity contribution is 0.144. The topological polar surface area (TPSA) is 102 Å². The van der Waals surface area contributed by atoms with Crippen molar-refractivity contribution in [1.29, 1.82) is 0 Å². The highest BCUT2D eigenvalue weighted by Crippen LogP contribution is 2.69. The number of fused-ring (bicyclic) bond motifs is 5. The second-order valence-electron chi connectivity index (χ2n) is 10.5. The van der Waals surface area contributed by atoms with E-state index in [0.29, 0.717) is 24.4 Å². The number of aromatic nitrogens is 7. The van der Waals surface area contributed by atoms with Gasteiger partial charge in [-0.25, -0.2) is 18.4 Å². The first kappa shape index (κ1) is 23.7. The van der Waals surface area contributed by atoms with Gasteiger partial charge in [0.25, 0.3) is 0 Å². The van der Waals surface area contributed by atoms with Crippen LogP contribution in [0, 0.1) is 17.0 Å². The molecule has 2 aliphatic carbocycles. The maximum absolute atomic E-state index is 14.5. The molecule has 0 saturated heterocycles. The molecular weight excluding hydrogens is 476 g/mol. The van der Waals surface area contributed by atoms with Gasteiger partial charge < -0.3 is 5.11 Å². The van der Waals surface area contributed by atoms with Crippen LogP contribution < -0.4 is 0 Å². The van der Waals surface area contributed by atoms with Gasteiger partial charge in [-0.15, -0.1) is 10.2 Å². The molecule has 1 aromatic carbocycles. The Kier molecular flexibility index (Phi) is 5.41. The Morgan fingerprint density at radius 1 is 1.08 bits per heavy atom. The van der Waals surface area contributed by atoms with Crippen molar-refractivity contribution in [2.75, 3.05) is 0 Å². The largest absolute Gasteiger partial charge is 0.391 e. The fraction of sp³-hybridized carbons (Fsp3) is 0.407. The van der Waals surface area contributed by atoms with Crippen LogP contribution in [-0.2, 0) is 12.0 Å². The van der Waals surface area contributed by atoms with Crippen LogP contribution in [-0.4, -0.2) is 46.4 Å². The zero-order valence-corrected chi connectivity index (χ0v) is 20.9. The summed E-state index contributed by atoms with van der Waals surface area (Å²) < 4.78 is 30.6. The molecule has 0 radical (unpaired) electrons. The van der Waals surface area contributed by atoms with Crippen LogP contribution in [0.5, 0.6) is 0 Å². The Balaban J connectivity index is 1.43. The van der Waals surface area contributed by atoms with Gasteiger partial charge in [0.1, 0.15) is 23.0 Å². The summed E-state index contributed by atoms with van der Waals surface area (Å²) in [5.74, 6) is -1.19. The van der Waals surface area contributed by atoms with E-state index in [2.05, 4.69) is 39.3 Å². The van der Waals surface area contributed by atoms with E-state index in [4.69, 9.17) is 4.98 Å². The Morgan fingerprint density at radius 2 is 1.86 bits per heavy atom. The van der Waals surface area contributed by atoms with E-state index in [9.17, 15) is 13.9 Å². The smallest absolute Gasteiger partial charge is 0.135 e. The fourth-order valence-corrected chi connectivity index (χ4v) is 6.30. The second kappa shape index (κ2) is 8.44. The molecule has 0 unspecified atom stereocenters. The number of nitrogens with zero attached hydrogens (tertiary/aromatic N) is 7. The van der Waals surface area contributed by atoms with Crippen molar-refractivity contribution in [3.05, 3.63) is 71.4 Å². The summed E-state index contributed by atoms with van der Waals surface area (Å²) in [5.41, 5.74) is 2.86. The van der Waals surface area contributed by atoms with Gasteiger partial charge >= 0.3 is 0 Å². The Bertz CT molecular complexity index is 1480. The monoisotopic (exact) mass is 503 g/mol. The molecule has 3 aromatic heterocycles. The van der Waals surface area contributed by atoms with Crippen LogP contribution in [0.4, 0.5) is 8.78 Å². The minimum absolute atomic E-state index is 0.133. The van der Waals surface area contributed by atoms with Crippen LogP contribution >= 0.6 is 0 Å². The highest BCUT2D eigenvalue weighted by Gasteiger charge is 2.65.